The van der Waals surface area contributed by atoms with Gasteiger partial charge in [0.25, 0.3) is 0 Å². The van der Waals surface area contributed by atoms with E-state index in [1.807, 2.05) is 30.3 Å². The van der Waals surface area contributed by atoms with Crippen molar-refractivity contribution in [3.63, 3.8) is 0 Å². The summed E-state index contributed by atoms with van der Waals surface area (Å²) in [5.41, 5.74) is 8.11. The summed E-state index contributed by atoms with van der Waals surface area (Å²) in [7, 11) is 1.30. The number of hydrogen-bond acceptors (Lipinski definition) is 4. The number of benzene rings is 1. The molecule has 0 bridgehead atoms. The molecular formula is C13H12N2O2. The van der Waals surface area contributed by atoms with E-state index in [4.69, 9.17) is 5.73 Å². The largest absolute Gasteiger partial charge is 0.464 e. The Morgan fingerprint density at radius 1 is 1.24 bits per heavy atom. The molecule has 1 heterocycles. The zero-order valence-electron chi connectivity index (χ0n) is 9.38. The number of methoxy groups -OCH3 is 1. The zero-order chi connectivity index (χ0) is 12.3. The van der Waals surface area contributed by atoms with Gasteiger partial charge in [0.1, 0.15) is 0 Å². The van der Waals surface area contributed by atoms with E-state index >= 15 is 0 Å². The molecule has 0 saturated heterocycles. The Hall–Kier alpha value is -2.36. The third-order valence-electron chi connectivity index (χ3n) is 2.40. The number of esters is 1. The minimum Gasteiger partial charge on any atom is -0.464 e. The first-order valence-corrected chi connectivity index (χ1v) is 5.11. The van der Waals surface area contributed by atoms with Crippen molar-refractivity contribution in [3.8, 4) is 11.1 Å². The summed E-state index contributed by atoms with van der Waals surface area (Å²) in [5.74, 6) is -0.526. The molecule has 0 fully saturated rings. The van der Waals surface area contributed by atoms with Gasteiger partial charge in [0.05, 0.1) is 12.8 Å². The van der Waals surface area contributed by atoms with Gasteiger partial charge in [-0.3, -0.25) is 0 Å². The number of hydrogen-bond donors (Lipinski definition) is 1. The van der Waals surface area contributed by atoms with E-state index in [2.05, 4.69) is 9.72 Å². The molecule has 2 N–H and O–H groups in total. The standard InChI is InChI=1S/C13H12N2O2/c1-17-13(16)12-11(14)7-10(8-15-12)9-5-3-2-4-6-9/h2-8H,14H2,1H3. The van der Waals surface area contributed by atoms with E-state index < -0.39 is 5.97 Å². The first-order valence-electron chi connectivity index (χ1n) is 5.11. The van der Waals surface area contributed by atoms with Crippen molar-refractivity contribution in [2.75, 3.05) is 12.8 Å². The summed E-state index contributed by atoms with van der Waals surface area (Å²) < 4.78 is 4.58. The summed E-state index contributed by atoms with van der Waals surface area (Å²) in [6.45, 7) is 0. The van der Waals surface area contributed by atoms with Crippen LogP contribution < -0.4 is 5.73 Å². The lowest BCUT2D eigenvalue weighted by Gasteiger charge is -2.05. The number of pyridine rings is 1. The van der Waals surface area contributed by atoms with E-state index in [-0.39, 0.29) is 5.69 Å². The third kappa shape index (κ3) is 2.25. The van der Waals surface area contributed by atoms with Gasteiger partial charge in [-0.1, -0.05) is 30.3 Å². The molecule has 1 aromatic carbocycles. The van der Waals surface area contributed by atoms with Crippen LogP contribution in [0.25, 0.3) is 11.1 Å². The number of nitrogens with two attached hydrogens (primary N) is 1. The molecule has 2 rings (SSSR count). The Morgan fingerprint density at radius 3 is 2.53 bits per heavy atom. The fraction of sp³-hybridized carbons (Fsp3) is 0.0769. The molecule has 17 heavy (non-hydrogen) atoms. The van der Waals surface area contributed by atoms with Crippen molar-refractivity contribution in [1.82, 2.24) is 4.98 Å². The molecule has 0 aliphatic carbocycles. The van der Waals surface area contributed by atoms with Crippen molar-refractivity contribution in [1.29, 1.82) is 0 Å². The van der Waals surface area contributed by atoms with Gasteiger partial charge < -0.3 is 10.5 Å². The van der Waals surface area contributed by atoms with Crippen LogP contribution in [0.5, 0.6) is 0 Å². The predicted molar refractivity (Wildman–Crippen MR) is 65.4 cm³/mol. The van der Waals surface area contributed by atoms with E-state index in [1.165, 1.54) is 7.11 Å². The van der Waals surface area contributed by atoms with Crippen LogP contribution in [0.15, 0.2) is 42.6 Å². The van der Waals surface area contributed by atoms with Gasteiger partial charge in [-0.05, 0) is 11.6 Å². The zero-order valence-corrected chi connectivity index (χ0v) is 9.38. The summed E-state index contributed by atoms with van der Waals surface area (Å²) in [4.78, 5) is 15.3. The maximum Gasteiger partial charge on any atom is 0.358 e. The number of nitrogen functional groups attached to an aromatic ring is 1. The van der Waals surface area contributed by atoms with Crippen LogP contribution in [0.2, 0.25) is 0 Å². The first-order chi connectivity index (χ1) is 8.22. The van der Waals surface area contributed by atoms with Crippen LogP contribution in [0.4, 0.5) is 5.69 Å². The number of aromatic nitrogens is 1. The van der Waals surface area contributed by atoms with Crippen molar-refractivity contribution in [2.24, 2.45) is 0 Å². The van der Waals surface area contributed by atoms with Crippen LogP contribution in [0, 0.1) is 0 Å². The molecular weight excluding hydrogens is 216 g/mol. The fourth-order valence-electron chi connectivity index (χ4n) is 1.54. The van der Waals surface area contributed by atoms with E-state index in [9.17, 15) is 4.79 Å². The molecule has 86 valence electrons. The summed E-state index contributed by atoms with van der Waals surface area (Å²) in [5, 5.41) is 0. The minimum atomic E-state index is -0.526. The Morgan fingerprint density at radius 2 is 1.94 bits per heavy atom. The summed E-state index contributed by atoms with van der Waals surface area (Å²) >= 11 is 0. The van der Waals surface area contributed by atoms with Gasteiger partial charge in [0.15, 0.2) is 5.69 Å². The normalized spacial score (nSPS) is 9.94. The Balaban J connectivity index is 2.41. The third-order valence-corrected chi connectivity index (χ3v) is 2.40. The van der Waals surface area contributed by atoms with Crippen LogP contribution in [-0.2, 0) is 4.74 Å². The molecule has 0 aliphatic rings. The highest BCUT2D eigenvalue weighted by molar-refractivity contribution is 5.93. The minimum absolute atomic E-state index is 0.146. The number of anilines is 1. The summed E-state index contributed by atoms with van der Waals surface area (Å²) in [6.07, 6.45) is 1.61. The quantitative estimate of drug-likeness (QED) is 0.799. The van der Waals surface area contributed by atoms with Crippen molar-refractivity contribution >= 4 is 11.7 Å². The van der Waals surface area contributed by atoms with Crippen LogP contribution in [-0.4, -0.2) is 18.1 Å². The van der Waals surface area contributed by atoms with Crippen molar-refractivity contribution in [3.05, 3.63) is 48.3 Å². The second-order valence-electron chi connectivity index (χ2n) is 3.52. The predicted octanol–water partition coefficient (Wildman–Crippen LogP) is 2.12. The molecule has 0 unspecified atom stereocenters. The monoisotopic (exact) mass is 228 g/mol. The van der Waals surface area contributed by atoms with Gasteiger partial charge in [-0.2, -0.15) is 0 Å². The maximum atomic E-state index is 11.3. The maximum absolute atomic E-state index is 11.3. The molecule has 0 aliphatic heterocycles. The molecule has 4 nitrogen and oxygen atoms in total. The van der Waals surface area contributed by atoms with Crippen LogP contribution in [0.3, 0.4) is 0 Å². The highest BCUT2D eigenvalue weighted by Crippen LogP contribution is 2.22. The fourth-order valence-corrected chi connectivity index (χ4v) is 1.54. The SMILES string of the molecule is COC(=O)c1ncc(-c2ccccc2)cc1N. The van der Waals surface area contributed by atoms with Gasteiger partial charge >= 0.3 is 5.97 Å². The van der Waals surface area contributed by atoms with Gasteiger partial charge in [-0.15, -0.1) is 0 Å². The molecule has 4 heteroatoms. The Labute approximate surface area is 99.1 Å². The molecule has 0 saturated carbocycles. The Bertz CT molecular complexity index is 538. The number of nitrogens with zero attached hydrogens (tertiary/aromatic N) is 1. The van der Waals surface area contributed by atoms with E-state index in [0.29, 0.717) is 5.69 Å². The van der Waals surface area contributed by atoms with E-state index in [1.54, 1.807) is 12.3 Å². The van der Waals surface area contributed by atoms with Crippen LogP contribution >= 0.6 is 0 Å². The van der Waals surface area contributed by atoms with Crippen LogP contribution in [0.1, 0.15) is 10.5 Å². The highest BCUT2D eigenvalue weighted by Gasteiger charge is 2.12. The second-order valence-corrected chi connectivity index (χ2v) is 3.52. The van der Waals surface area contributed by atoms with Gasteiger partial charge in [0.2, 0.25) is 0 Å². The average molecular weight is 228 g/mol. The summed E-state index contributed by atoms with van der Waals surface area (Å²) in [6, 6.07) is 11.4. The molecule has 2 aromatic rings. The molecule has 0 atom stereocenters. The lowest BCUT2D eigenvalue weighted by molar-refractivity contribution is 0.0595. The average Bonchev–Trinajstić information content (AvgIpc) is 2.39. The molecule has 1 aromatic heterocycles. The van der Waals surface area contributed by atoms with Gasteiger partial charge in [0, 0.05) is 11.8 Å². The molecule has 0 amide bonds. The molecule has 0 spiro atoms. The molecule has 0 radical (unpaired) electrons. The highest BCUT2D eigenvalue weighted by atomic mass is 16.5. The number of carbonyl (C=O) groups excluding carboxylic acids is 1. The number of ether oxygens (including phenoxy) is 1. The number of carbonyl (C=O) groups is 1. The topological polar surface area (TPSA) is 65.2 Å². The van der Waals surface area contributed by atoms with Gasteiger partial charge in [-0.25, -0.2) is 9.78 Å². The van der Waals surface area contributed by atoms with E-state index in [0.717, 1.165) is 11.1 Å². The van der Waals surface area contributed by atoms with Crippen molar-refractivity contribution in [2.45, 2.75) is 0 Å². The lowest BCUT2D eigenvalue weighted by atomic mass is 10.1. The lowest BCUT2D eigenvalue weighted by Crippen LogP contribution is -2.08. The first kappa shape index (κ1) is 11.1. The Kier molecular flexibility index (Phi) is 3.05. The van der Waals surface area contributed by atoms with Crippen molar-refractivity contribution < 1.29 is 9.53 Å². The second kappa shape index (κ2) is 4.65. The number of rotatable bonds is 2. The smallest absolute Gasteiger partial charge is 0.358 e.